The zero-order chi connectivity index (χ0) is 16.2. The van der Waals surface area contributed by atoms with Crippen LogP contribution in [0, 0.1) is 11.6 Å². The minimum Gasteiger partial charge on any atom is -0.504 e. The fourth-order valence-electron chi connectivity index (χ4n) is 1.21. The second-order valence-electron chi connectivity index (χ2n) is 3.57. The van der Waals surface area contributed by atoms with Crippen LogP contribution < -0.4 is 4.74 Å². The van der Waals surface area contributed by atoms with Crippen LogP contribution >= 0.6 is 55.1 Å². The third-order valence-corrected chi connectivity index (χ3v) is 4.05. The summed E-state index contributed by atoms with van der Waals surface area (Å²) in [6.45, 7) is 0. The number of ether oxygens (including phenoxy) is 1. The highest BCUT2D eigenvalue weighted by molar-refractivity contribution is 9.10. The fourth-order valence-corrected chi connectivity index (χ4v) is 2.21. The van der Waals surface area contributed by atoms with E-state index in [2.05, 4.69) is 31.9 Å². The minimum absolute atomic E-state index is 0.0145. The Labute approximate surface area is 146 Å². The van der Waals surface area contributed by atoms with Crippen LogP contribution in [0.15, 0.2) is 33.2 Å². The van der Waals surface area contributed by atoms with Crippen molar-refractivity contribution >= 4 is 55.1 Å². The topological polar surface area (TPSA) is 29.5 Å². The van der Waals surface area contributed by atoms with Gasteiger partial charge in [0.05, 0.1) is 26.1 Å². The van der Waals surface area contributed by atoms with Crippen molar-refractivity contribution < 1.29 is 18.6 Å². The smallest absolute Gasteiger partial charge is 0.180 e. The maximum Gasteiger partial charge on any atom is 0.180 e. The van der Waals surface area contributed by atoms with E-state index in [9.17, 15) is 8.78 Å². The van der Waals surface area contributed by atoms with Crippen LogP contribution in [0.3, 0.4) is 0 Å². The quantitative estimate of drug-likeness (QED) is 0.509. The molecule has 0 spiro atoms. The first-order valence-corrected chi connectivity index (χ1v) is 7.63. The molecule has 1 N–H and O–H groups in total. The molecule has 21 heavy (non-hydrogen) atoms. The van der Waals surface area contributed by atoms with E-state index in [0.717, 1.165) is 0 Å². The van der Waals surface area contributed by atoms with E-state index < -0.39 is 17.4 Å². The normalized spacial score (nSPS) is 9.86. The first-order valence-electron chi connectivity index (χ1n) is 5.29. The van der Waals surface area contributed by atoms with Gasteiger partial charge in [-0.1, -0.05) is 23.2 Å². The molecule has 0 radical (unpaired) electrons. The maximum atomic E-state index is 13.0. The molecule has 114 valence electrons. The summed E-state index contributed by atoms with van der Waals surface area (Å²) in [7, 11) is 1.37. The lowest BCUT2D eigenvalue weighted by molar-refractivity contribution is 0.385. The largest absolute Gasteiger partial charge is 0.504 e. The molecule has 0 aliphatic heterocycles. The lowest BCUT2D eigenvalue weighted by atomic mass is 10.3. The molecule has 0 aliphatic rings. The predicted molar refractivity (Wildman–Crippen MR) is 86.4 cm³/mol. The van der Waals surface area contributed by atoms with Crippen LogP contribution in [0.4, 0.5) is 8.78 Å². The number of phenols is 1. The Bertz CT molecular complexity index is 628. The average molecular weight is 465 g/mol. The predicted octanol–water partition coefficient (Wildman–Crippen LogP) is 6.20. The van der Waals surface area contributed by atoms with E-state index in [1.54, 1.807) is 6.07 Å². The molecule has 0 saturated carbocycles. The Morgan fingerprint density at radius 3 is 1.86 bits per heavy atom. The molecule has 0 saturated heterocycles. The van der Waals surface area contributed by atoms with Gasteiger partial charge < -0.3 is 9.84 Å². The van der Waals surface area contributed by atoms with Gasteiger partial charge in [0.25, 0.3) is 0 Å². The zero-order valence-electron chi connectivity index (χ0n) is 10.4. The molecule has 0 atom stereocenters. The van der Waals surface area contributed by atoms with Crippen LogP contribution in [-0.2, 0) is 0 Å². The van der Waals surface area contributed by atoms with Crippen LogP contribution in [-0.4, -0.2) is 12.2 Å². The molecule has 2 nitrogen and oxygen atoms in total. The second kappa shape index (κ2) is 8.17. The number of rotatable bonds is 1. The van der Waals surface area contributed by atoms with E-state index in [-0.39, 0.29) is 20.3 Å². The van der Waals surface area contributed by atoms with Crippen molar-refractivity contribution in [2.24, 2.45) is 0 Å². The molecule has 0 bridgehead atoms. The Balaban J connectivity index is 0.000000211. The molecule has 8 heteroatoms. The molecule has 2 aromatic carbocycles. The van der Waals surface area contributed by atoms with E-state index in [0.29, 0.717) is 4.47 Å². The summed E-state index contributed by atoms with van der Waals surface area (Å²) in [4.78, 5) is 0. The van der Waals surface area contributed by atoms with Crippen molar-refractivity contribution in [1.82, 2.24) is 0 Å². The highest BCUT2D eigenvalue weighted by Gasteiger charge is 2.10. The van der Waals surface area contributed by atoms with Crippen LogP contribution in [0.2, 0.25) is 10.0 Å². The number of methoxy groups -OCH3 is 1. The van der Waals surface area contributed by atoms with E-state index in [4.69, 9.17) is 33.0 Å². The number of aromatic hydroxyl groups is 1. The van der Waals surface area contributed by atoms with E-state index >= 15 is 0 Å². The lowest BCUT2D eigenvalue weighted by Crippen LogP contribution is -1.89. The highest BCUT2D eigenvalue weighted by Crippen LogP contribution is 2.32. The van der Waals surface area contributed by atoms with Gasteiger partial charge in [-0.3, -0.25) is 0 Å². The first-order chi connectivity index (χ1) is 9.79. The molecular weight excluding hydrogens is 457 g/mol. The van der Waals surface area contributed by atoms with Gasteiger partial charge in [-0.25, -0.2) is 8.78 Å². The monoisotopic (exact) mass is 462 g/mol. The van der Waals surface area contributed by atoms with Gasteiger partial charge in [-0.2, -0.15) is 0 Å². The number of hydrogen-bond acceptors (Lipinski definition) is 2. The molecule has 2 rings (SSSR count). The van der Waals surface area contributed by atoms with Gasteiger partial charge >= 0.3 is 0 Å². The van der Waals surface area contributed by atoms with Crippen LogP contribution in [0.1, 0.15) is 0 Å². The highest BCUT2D eigenvalue weighted by atomic mass is 79.9. The number of benzene rings is 2. The Morgan fingerprint density at radius 1 is 0.952 bits per heavy atom. The molecular formula is C13H8Br2Cl2F2O2. The van der Waals surface area contributed by atoms with Gasteiger partial charge in [-0.05, 0) is 56.1 Å². The third-order valence-electron chi connectivity index (χ3n) is 2.23. The zero-order valence-corrected chi connectivity index (χ0v) is 15.1. The Kier molecular flexibility index (Phi) is 7.20. The number of phenolic OH excluding ortho intramolecular Hbond substituents is 1. The molecule has 0 aromatic heterocycles. The standard InChI is InChI=1S/C7H5BrClFO.C6H3BrClFO/c1-11-7-5(9)3-2-4(8)6(7)10;7-3-1-2-4(8)6(10)5(3)9/h2-3H,1H3;1-2,10H. The van der Waals surface area contributed by atoms with E-state index in [1.807, 2.05) is 0 Å². The van der Waals surface area contributed by atoms with Crippen LogP contribution in [0.5, 0.6) is 11.5 Å². The van der Waals surface area contributed by atoms with Gasteiger partial charge in [-0.15, -0.1) is 0 Å². The van der Waals surface area contributed by atoms with Crippen molar-refractivity contribution in [3.63, 3.8) is 0 Å². The molecule has 0 unspecified atom stereocenters. The average Bonchev–Trinajstić information content (AvgIpc) is 2.46. The second-order valence-corrected chi connectivity index (χ2v) is 6.09. The Morgan fingerprint density at radius 2 is 1.43 bits per heavy atom. The van der Waals surface area contributed by atoms with E-state index in [1.165, 1.54) is 25.3 Å². The summed E-state index contributed by atoms with van der Waals surface area (Å²) in [6, 6.07) is 5.93. The number of hydrogen-bond donors (Lipinski definition) is 1. The summed E-state index contributed by atoms with van der Waals surface area (Å²) in [5.41, 5.74) is 0. The summed E-state index contributed by atoms with van der Waals surface area (Å²) in [5.74, 6) is -1.65. The van der Waals surface area contributed by atoms with Crippen molar-refractivity contribution in [1.29, 1.82) is 0 Å². The molecule has 0 heterocycles. The molecule has 0 fully saturated rings. The Hall–Kier alpha value is -0.560. The first kappa shape index (κ1) is 18.5. The van der Waals surface area contributed by atoms with Gasteiger partial charge in [0, 0.05) is 0 Å². The molecule has 0 amide bonds. The third kappa shape index (κ3) is 4.71. The van der Waals surface area contributed by atoms with Gasteiger partial charge in [0.1, 0.15) is 0 Å². The number of halogens is 6. The minimum atomic E-state index is -0.729. The van der Waals surface area contributed by atoms with Crippen molar-refractivity contribution in [3.8, 4) is 11.5 Å². The van der Waals surface area contributed by atoms with Crippen molar-refractivity contribution in [3.05, 3.63) is 54.9 Å². The summed E-state index contributed by atoms with van der Waals surface area (Å²) >= 11 is 16.9. The lowest BCUT2D eigenvalue weighted by Gasteiger charge is -2.04. The van der Waals surface area contributed by atoms with Crippen LogP contribution in [0.25, 0.3) is 0 Å². The maximum absolute atomic E-state index is 13.0. The summed E-state index contributed by atoms with van der Waals surface area (Å²) in [6.07, 6.45) is 0. The molecule has 0 aliphatic carbocycles. The van der Waals surface area contributed by atoms with Gasteiger partial charge in [0.2, 0.25) is 0 Å². The summed E-state index contributed by atoms with van der Waals surface area (Å²) < 4.78 is 30.9. The van der Waals surface area contributed by atoms with Crippen molar-refractivity contribution in [2.75, 3.05) is 7.11 Å². The fraction of sp³-hybridized carbons (Fsp3) is 0.0769. The van der Waals surface area contributed by atoms with Crippen molar-refractivity contribution in [2.45, 2.75) is 0 Å². The van der Waals surface area contributed by atoms with Gasteiger partial charge in [0.15, 0.2) is 23.1 Å². The summed E-state index contributed by atoms with van der Waals surface area (Å²) in [5, 5.41) is 9.14. The SMILES string of the molecule is COc1c(Cl)ccc(Br)c1F.Oc1c(Cl)ccc(Br)c1F. The molecule has 2 aromatic rings.